The molecule has 6 heteroatoms. The van der Waals surface area contributed by atoms with Gasteiger partial charge in [-0.2, -0.15) is 0 Å². The van der Waals surface area contributed by atoms with Crippen molar-refractivity contribution < 1.29 is 18.7 Å². The number of nitrogens with zero attached hydrogens (tertiary/aromatic N) is 1. The van der Waals surface area contributed by atoms with Crippen molar-refractivity contribution in [2.75, 3.05) is 5.32 Å². The summed E-state index contributed by atoms with van der Waals surface area (Å²) >= 11 is 0. The maximum atomic E-state index is 13.4. The summed E-state index contributed by atoms with van der Waals surface area (Å²) in [5.41, 5.74) is 0.119. The predicted molar refractivity (Wildman–Crippen MR) is 66.6 cm³/mol. The van der Waals surface area contributed by atoms with Crippen molar-refractivity contribution in [1.29, 1.82) is 0 Å². The molecule has 100 valence electrons. The second kappa shape index (κ2) is 5.51. The van der Waals surface area contributed by atoms with E-state index in [0.29, 0.717) is 18.1 Å². The van der Waals surface area contributed by atoms with E-state index in [0.717, 1.165) is 18.2 Å². The molecular weight excluding hydrogens is 251 g/mol. The third kappa shape index (κ3) is 3.09. The van der Waals surface area contributed by atoms with E-state index >= 15 is 0 Å². The Balaban J connectivity index is 2.03. The first kappa shape index (κ1) is 13.1. The molecule has 0 amide bonds. The van der Waals surface area contributed by atoms with Crippen LogP contribution in [0.15, 0.2) is 28.8 Å². The molecule has 0 atom stereocenters. The minimum Gasteiger partial charge on any atom is -0.478 e. The van der Waals surface area contributed by atoms with Gasteiger partial charge in [-0.3, -0.25) is 0 Å². The molecule has 5 nitrogen and oxygen atoms in total. The number of hydrogen-bond acceptors (Lipinski definition) is 4. The SMILES string of the molecule is CCc1cnc(CNc2ccc(C(=O)O)c(F)c2)o1. The van der Waals surface area contributed by atoms with E-state index in [1.54, 1.807) is 6.20 Å². The quantitative estimate of drug-likeness (QED) is 0.868. The molecule has 2 aromatic rings. The number of carboxylic acids is 1. The number of aromatic nitrogens is 1. The molecule has 0 spiro atoms. The molecule has 0 radical (unpaired) electrons. The molecular formula is C13H13FN2O3. The summed E-state index contributed by atoms with van der Waals surface area (Å²) < 4.78 is 18.8. The molecule has 2 rings (SSSR count). The van der Waals surface area contributed by atoms with Gasteiger partial charge in [0.25, 0.3) is 0 Å². The number of hydrogen-bond donors (Lipinski definition) is 2. The van der Waals surface area contributed by atoms with Crippen molar-refractivity contribution >= 4 is 11.7 Å². The van der Waals surface area contributed by atoms with Gasteiger partial charge in [0.2, 0.25) is 5.89 Å². The Morgan fingerprint density at radius 3 is 2.89 bits per heavy atom. The Labute approximate surface area is 109 Å². The summed E-state index contributed by atoms with van der Waals surface area (Å²) in [6.07, 6.45) is 2.40. The van der Waals surface area contributed by atoms with Crippen molar-refractivity contribution in [3.63, 3.8) is 0 Å². The van der Waals surface area contributed by atoms with Crippen LogP contribution < -0.4 is 5.32 Å². The lowest BCUT2D eigenvalue weighted by Crippen LogP contribution is -2.03. The fourth-order valence-corrected chi connectivity index (χ4v) is 1.57. The van der Waals surface area contributed by atoms with Crippen molar-refractivity contribution in [2.24, 2.45) is 0 Å². The fourth-order valence-electron chi connectivity index (χ4n) is 1.57. The van der Waals surface area contributed by atoms with E-state index in [-0.39, 0.29) is 5.56 Å². The average Bonchev–Trinajstić information content (AvgIpc) is 2.84. The van der Waals surface area contributed by atoms with Gasteiger partial charge in [0.1, 0.15) is 11.6 Å². The fraction of sp³-hybridized carbons (Fsp3) is 0.231. The highest BCUT2D eigenvalue weighted by atomic mass is 19.1. The third-order valence-electron chi connectivity index (χ3n) is 2.59. The largest absolute Gasteiger partial charge is 0.478 e. The van der Waals surface area contributed by atoms with Gasteiger partial charge in [-0.15, -0.1) is 0 Å². The minimum atomic E-state index is -1.29. The van der Waals surface area contributed by atoms with Crippen LogP contribution in [-0.4, -0.2) is 16.1 Å². The molecule has 0 aliphatic rings. The van der Waals surface area contributed by atoms with Crippen LogP contribution in [0.2, 0.25) is 0 Å². The molecule has 1 heterocycles. The zero-order valence-corrected chi connectivity index (χ0v) is 10.3. The van der Waals surface area contributed by atoms with Crippen LogP contribution in [0.3, 0.4) is 0 Å². The van der Waals surface area contributed by atoms with Crippen LogP contribution in [-0.2, 0) is 13.0 Å². The highest BCUT2D eigenvalue weighted by molar-refractivity contribution is 5.88. The summed E-state index contributed by atoms with van der Waals surface area (Å²) in [5, 5.41) is 11.6. The topological polar surface area (TPSA) is 75.4 Å². The second-order valence-corrected chi connectivity index (χ2v) is 3.93. The van der Waals surface area contributed by atoms with Crippen molar-refractivity contribution in [3.8, 4) is 0 Å². The zero-order valence-electron chi connectivity index (χ0n) is 10.3. The van der Waals surface area contributed by atoms with Crippen molar-refractivity contribution in [2.45, 2.75) is 19.9 Å². The number of oxazole rings is 1. The minimum absolute atomic E-state index is 0.311. The monoisotopic (exact) mass is 264 g/mol. The van der Waals surface area contributed by atoms with E-state index in [1.807, 2.05) is 6.92 Å². The maximum Gasteiger partial charge on any atom is 0.338 e. The smallest absolute Gasteiger partial charge is 0.338 e. The number of nitrogens with one attached hydrogen (secondary N) is 1. The molecule has 0 aliphatic heterocycles. The highest BCUT2D eigenvalue weighted by Crippen LogP contribution is 2.15. The Morgan fingerprint density at radius 1 is 1.53 bits per heavy atom. The Morgan fingerprint density at radius 2 is 2.32 bits per heavy atom. The predicted octanol–water partition coefficient (Wildman–Crippen LogP) is 2.69. The molecule has 0 fully saturated rings. The molecule has 0 saturated heterocycles. The summed E-state index contributed by atoms with van der Waals surface area (Å²) in [4.78, 5) is 14.7. The lowest BCUT2D eigenvalue weighted by Gasteiger charge is -2.05. The number of aromatic carboxylic acids is 1. The summed E-state index contributed by atoms with van der Waals surface area (Å²) in [6, 6.07) is 3.84. The number of anilines is 1. The molecule has 19 heavy (non-hydrogen) atoms. The first-order valence-electron chi connectivity index (χ1n) is 5.80. The molecule has 0 unspecified atom stereocenters. The highest BCUT2D eigenvalue weighted by Gasteiger charge is 2.10. The van der Waals surface area contributed by atoms with Gasteiger partial charge in [0, 0.05) is 12.1 Å². The van der Waals surface area contributed by atoms with Crippen LogP contribution in [0.25, 0.3) is 0 Å². The van der Waals surface area contributed by atoms with Gasteiger partial charge in [-0.05, 0) is 18.2 Å². The van der Waals surface area contributed by atoms with E-state index in [4.69, 9.17) is 9.52 Å². The first-order chi connectivity index (χ1) is 9.10. The van der Waals surface area contributed by atoms with Crippen LogP contribution in [0.4, 0.5) is 10.1 Å². The van der Waals surface area contributed by atoms with Gasteiger partial charge in [0.05, 0.1) is 18.3 Å². The van der Waals surface area contributed by atoms with Gasteiger partial charge in [0.15, 0.2) is 0 Å². The van der Waals surface area contributed by atoms with Gasteiger partial charge < -0.3 is 14.8 Å². The zero-order chi connectivity index (χ0) is 13.8. The molecule has 0 saturated carbocycles. The first-order valence-corrected chi connectivity index (χ1v) is 5.80. The summed E-state index contributed by atoms with van der Waals surface area (Å²) in [6.45, 7) is 2.27. The average molecular weight is 264 g/mol. The van der Waals surface area contributed by atoms with Gasteiger partial charge in [-0.25, -0.2) is 14.2 Å². The molecule has 0 aliphatic carbocycles. The lowest BCUT2D eigenvalue weighted by molar-refractivity contribution is 0.0692. The lowest BCUT2D eigenvalue weighted by atomic mass is 10.2. The third-order valence-corrected chi connectivity index (χ3v) is 2.59. The number of aryl methyl sites for hydroxylation is 1. The summed E-state index contributed by atoms with van der Waals surface area (Å²) in [7, 11) is 0. The Kier molecular flexibility index (Phi) is 3.79. The number of carbonyl (C=O) groups is 1. The standard InChI is InChI=1S/C13H13FN2O3/c1-2-9-6-16-12(19-9)7-15-8-3-4-10(13(17)18)11(14)5-8/h3-6,15H,2,7H2,1H3,(H,17,18). The van der Waals surface area contributed by atoms with Gasteiger partial charge in [-0.1, -0.05) is 6.92 Å². The van der Waals surface area contributed by atoms with Crippen LogP contribution >= 0.6 is 0 Å². The van der Waals surface area contributed by atoms with Crippen LogP contribution in [0, 0.1) is 5.82 Å². The Hall–Kier alpha value is -2.37. The number of halogens is 1. The van der Waals surface area contributed by atoms with Crippen molar-refractivity contribution in [3.05, 3.63) is 47.4 Å². The normalized spacial score (nSPS) is 10.4. The Bertz CT molecular complexity index is 595. The molecule has 0 bridgehead atoms. The number of benzene rings is 1. The van der Waals surface area contributed by atoms with Crippen LogP contribution in [0.5, 0.6) is 0 Å². The van der Waals surface area contributed by atoms with E-state index in [1.165, 1.54) is 12.1 Å². The molecule has 1 aromatic heterocycles. The van der Waals surface area contributed by atoms with Gasteiger partial charge >= 0.3 is 5.97 Å². The molecule has 1 aromatic carbocycles. The molecule has 2 N–H and O–H groups in total. The van der Waals surface area contributed by atoms with E-state index in [2.05, 4.69) is 10.3 Å². The second-order valence-electron chi connectivity index (χ2n) is 3.93. The number of rotatable bonds is 5. The van der Waals surface area contributed by atoms with Crippen molar-refractivity contribution in [1.82, 2.24) is 4.98 Å². The maximum absolute atomic E-state index is 13.4. The summed E-state index contributed by atoms with van der Waals surface area (Å²) in [5.74, 6) is -0.785. The van der Waals surface area contributed by atoms with E-state index < -0.39 is 11.8 Å². The van der Waals surface area contributed by atoms with Crippen LogP contribution in [0.1, 0.15) is 28.9 Å². The number of carboxylic acid groups (broad SMARTS) is 1. The van der Waals surface area contributed by atoms with E-state index in [9.17, 15) is 9.18 Å².